The standard InChI is InChI=1S/C26H20N2OS/c29-25(27-17-21-11-6-10-19-9-4-5-12-22(19)21)16-26-28-23-14-13-20(15-24(23)30-26)18-7-2-1-3-8-18/h1-15H,16-17H2,(H,27,29). The number of fused-ring (bicyclic) bond motifs is 2. The summed E-state index contributed by atoms with van der Waals surface area (Å²) in [5.74, 6) is -0.00901. The Labute approximate surface area is 179 Å². The van der Waals surface area contributed by atoms with Gasteiger partial charge < -0.3 is 5.32 Å². The molecule has 30 heavy (non-hydrogen) atoms. The van der Waals surface area contributed by atoms with Crippen LogP contribution in [0.5, 0.6) is 0 Å². The summed E-state index contributed by atoms with van der Waals surface area (Å²) < 4.78 is 1.10. The second kappa shape index (κ2) is 8.09. The SMILES string of the molecule is O=C(Cc1nc2ccc(-c3ccccc3)cc2s1)NCc1cccc2ccccc12. The molecule has 0 saturated heterocycles. The minimum atomic E-state index is -0.00901. The average molecular weight is 409 g/mol. The number of hydrogen-bond acceptors (Lipinski definition) is 3. The maximum absolute atomic E-state index is 12.5. The molecular weight excluding hydrogens is 388 g/mol. The minimum Gasteiger partial charge on any atom is -0.352 e. The number of carbonyl (C=O) groups is 1. The zero-order valence-electron chi connectivity index (χ0n) is 16.3. The maximum Gasteiger partial charge on any atom is 0.227 e. The molecule has 1 N–H and O–H groups in total. The minimum absolute atomic E-state index is 0.00901. The highest BCUT2D eigenvalue weighted by Crippen LogP contribution is 2.28. The molecule has 3 nitrogen and oxygen atoms in total. The molecule has 146 valence electrons. The van der Waals surface area contributed by atoms with Crippen molar-refractivity contribution >= 4 is 38.2 Å². The lowest BCUT2D eigenvalue weighted by Gasteiger charge is -2.08. The van der Waals surface area contributed by atoms with Crippen LogP contribution in [0.3, 0.4) is 0 Å². The summed E-state index contributed by atoms with van der Waals surface area (Å²) in [5, 5.41) is 6.25. The Morgan fingerprint density at radius 1 is 0.833 bits per heavy atom. The highest BCUT2D eigenvalue weighted by Gasteiger charge is 2.11. The van der Waals surface area contributed by atoms with E-state index in [1.54, 1.807) is 11.3 Å². The van der Waals surface area contributed by atoms with Crippen LogP contribution in [0.4, 0.5) is 0 Å². The van der Waals surface area contributed by atoms with Crippen molar-refractivity contribution in [2.75, 3.05) is 0 Å². The predicted octanol–water partition coefficient (Wildman–Crippen LogP) is 5.98. The van der Waals surface area contributed by atoms with Gasteiger partial charge in [-0.2, -0.15) is 0 Å². The quantitative estimate of drug-likeness (QED) is 0.389. The van der Waals surface area contributed by atoms with Crippen molar-refractivity contribution in [3.63, 3.8) is 0 Å². The fraction of sp³-hybridized carbons (Fsp3) is 0.0769. The van der Waals surface area contributed by atoms with Crippen molar-refractivity contribution < 1.29 is 4.79 Å². The number of hydrogen-bond donors (Lipinski definition) is 1. The number of nitrogens with one attached hydrogen (secondary N) is 1. The topological polar surface area (TPSA) is 42.0 Å². The van der Waals surface area contributed by atoms with Gasteiger partial charge in [-0.25, -0.2) is 4.98 Å². The van der Waals surface area contributed by atoms with E-state index in [4.69, 9.17) is 0 Å². The summed E-state index contributed by atoms with van der Waals surface area (Å²) >= 11 is 1.59. The van der Waals surface area contributed by atoms with E-state index in [1.807, 2.05) is 42.5 Å². The van der Waals surface area contributed by atoms with E-state index in [2.05, 4.69) is 58.8 Å². The normalized spacial score (nSPS) is 11.1. The monoisotopic (exact) mass is 408 g/mol. The van der Waals surface area contributed by atoms with Gasteiger partial charge in [0.25, 0.3) is 0 Å². The van der Waals surface area contributed by atoms with E-state index in [0.717, 1.165) is 20.8 Å². The van der Waals surface area contributed by atoms with Crippen molar-refractivity contribution in [3.8, 4) is 11.1 Å². The van der Waals surface area contributed by atoms with E-state index in [-0.39, 0.29) is 5.91 Å². The van der Waals surface area contributed by atoms with Crippen LogP contribution in [-0.2, 0) is 17.8 Å². The Balaban J connectivity index is 1.30. The molecular formula is C26H20N2OS. The van der Waals surface area contributed by atoms with Gasteiger partial charge in [0.1, 0.15) is 5.01 Å². The molecule has 0 bridgehead atoms. The summed E-state index contributed by atoms with van der Waals surface area (Å²) in [5.41, 5.74) is 4.41. The molecule has 0 spiro atoms. The molecule has 0 aliphatic carbocycles. The summed E-state index contributed by atoms with van der Waals surface area (Å²) in [4.78, 5) is 17.2. The molecule has 0 aliphatic rings. The first-order valence-electron chi connectivity index (χ1n) is 9.94. The van der Waals surface area contributed by atoms with Gasteiger partial charge in [-0.1, -0.05) is 78.9 Å². The summed E-state index contributed by atoms with van der Waals surface area (Å²) in [6, 6.07) is 31.0. The number of thiazole rings is 1. The lowest BCUT2D eigenvalue weighted by atomic mass is 10.0. The number of rotatable bonds is 5. The molecule has 0 atom stereocenters. The lowest BCUT2D eigenvalue weighted by molar-refractivity contribution is -0.120. The van der Waals surface area contributed by atoms with Gasteiger partial charge in [0, 0.05) is 6.54 Å². The largest absolute Gasteiger partial charge is 0.352 e. The molecule has 0 saturated carbocycles. The zero-order chi connectivity index (χ0) is 20.3. The zero-order valence-corrected chi connectivity index (χ0v) is 17.2. The fourth-order valence-corrected chi connectivity index (χ4v) is 4.70. The van der Waals surface area contributed by atoms with E-state index in [1.165, 1.54) is 21.9 Å². The first kappa shape index (κ1) is 18.5. The smallest absolute Gasteiger partial charge is 0.227 e. The van der Waals surface area contributed by atoms with Crippen LogP contribution in [0, 0.1) is 0 Å². The number of amides is 1. The van der Waals surface area contributed by atoms with E-state index in [9.17, 15) is 4.79 Å². The summed E-state index contributed by atoms with van der Waals surface area (Å²) in [6.45, 7) is 0.517. The Morgan fingerprint density at radius 2 is 1.63 bits per heavy atom. The Morgan fingerprint density at radius 3 is 2.53 bits per heavy atom. The molecule has 1 aromatic heterocycles. The molecule has 4 heteroatoms. The molecule has 0 radical (unpaired) electrons. The Hall–Kier alpha value is -3.50. The number of benzene rings is 4. The maximum atomic E-state index is 12.5. The van der Waals surface area contributed by atoms with Gasteiger partial charge in [0.2, 0.25) is 5.91 Å². The van der Waals surface area contributed by atoms with Crippen molar-refractivity contribution in [1.82, 2.24) is 10.3 Å². The molecule has 5 rings (SSSR count). The first-order chi connectivity index (χ1) is 14.8. The molecule has 0 unspecified atom stereocenters. The van der Waals surface area contributed by atoms with Crippen molar-refractivity contribution in [1.29, 1.82) is 0 Å². The predicted molar refractivity (Wildman–Crippen MR) is 125 cm³/mol. The van der Waals surface area contributed by atoms with E-state index in [0.29, 0.717) is 13.0 Å². The Kier molecular flexibility index (Phi) is 4.99. The summed E-state index contributed by atoms with van der Waals surface area (Å²) in [7, 11) is 0. The van der Waals surface area contributed by atoms with Gasteiger partial charge in [0.05, 0.1) is 16.6 Å². The van der Waals surface area contributed by atoms with Gasteiger partial charge in [-0.3, -0.25) is 4.79 Å². The third kappa shape index (κ3) is 3.82. The van der Waals surface area contributed by atoms with E-state index >= 15 is 0 Å². The van der Waals surface area contributed by atoms with Crippen LogP contribution in [0.2, 0.25) is 0 Å². The molecule has 4 aromatic carbocycles. The third-order valence-electron chi connectivity index (χ3n) is 5.21. The second-order valence-corrected chi connectivity index (χ2v) is 8.36. The molecule has 1 heterocycles. The highest BCUT2D eigenvalue weighted by atomic mass is 32.1. The third-order valence-corrected chi connectivity index (χ3v) is 6.23. The van der Waals surface area contributed by atoms with E-state index < -0.39 is 0 Å². The van der Waals surface area contributed by atoms with Crippen LogP contribution in [0.25, 0.3) is 32.1 Å². The van der Waals surface area contributed by atoms with Crippen molar-refractivity contribution in [2.45, 2.75) is 13.0 Å². The average Bonchev–Trinajstić information content (AvgIpc) is 3.19. The molecule has 0 aliphatic heterocycles. The second-order valence-electron chi connectivity index (χ2n) is 7.25. The van der Waals surface area contributed by atoms with Crippen LogP contribution in [0.1, 0.15) is 10.6 Å². The first-order valence-corrected chi connectivity index (χ1v) is 10.8. The molecule has 0 fully saturated rings. The fourth-order valence-electron chi connectivity index (χ4n) is 3.70. The molecule has 5 aromatic rings. The van der Waals surface area contributed by atoms with Gasteiger partial charge in [0.15, 0.2) is 0 Å². The molecule has 1 amide bonds. The van der Waals surface area contributed by atoms with Crippen LogP contribution >= 0.6 is 11.3 Å². The van der Waals surface area contributed by atoms with Crippen LogP contribution in [-0.4, -0.2) is 10.9 Å². The number of carbonyl (C=O) groups excluding carboxylic acids is 1. The van der Waals surface area contributed by atoms with Gasteiger partial charge in [-0.15, -0.1) is 11.3 Å². The lowest BCUT2D eigenvalue weighted by Crippen LogP contribution is -2.24. The van der Waals surface area contributed by atoms with Crippen molar-refractivity contribution in [2.24, 2.45) is 0 Å². The van der Waals surface area contributed by atoms with Crippen molar-refractivity contribution in [3.05, 3.63) is 102 Å². The van der Waals surface area contributed by atoms with Gasteiger partial charge in [-0.05, 0) is 39.6 Å². The van der Waals surface area contributed by atoms with Crippen LogP contribution in [0.15, 0.2) is 91.0 Å². The number of nitrogens with zero attached hydrogens (tertiary/aromatic N) is 1. The van der Waals surface area contributed by atoms with Gasteiger partial charge >= 0.3 is 0 Å². The Bertz CT molecular complexity index is 1340. The van der Waals surface area contributed by atoms with Crippen LogP contribution < -0.4 is 5.32 Å². The summed E-state index contributed by atoms with van der Waals surface area (Å²) in [6.07, 6.45) is 0.296. The highest BCUT2D eigenvalue weighted by molar-refractivity contribution is 7.18. The number of aromatic nitrogens is 1.